The molecule has 2 nitrogen and oxygen atoms in total. The van der Waals surface area contributed by atoms with Gasteiger partial charge in [-0.1, -0.05) is 28.1 Å². The fourth-order valence-corrected chi connectivity index (χ4v) is 1.30. The molecule has 0 aromatic heterocycles. The van der Waals surface area contributed by atoms with Crippen molar-refractivity contribution in [1.82, 2.24) is 0 Å². The molecular weight excluding hydrogens is 212 g/mol. The fourth-order valence-electron chi connectivity index (χ4n) is 0.851. The van der Waals surface area contributed by atoms with E-state index in [0.29, 0.717) is 12.4 Å². The molecule has 0 unspecified atom stereocenters. The van der Waals surface area contributed by atoms with Gasteiger partial charge in [-0.05, 0) is 24.6 Å². The van der Waals surface area contributed by atoms with Crippen LogP contribution in [-0.4, -0.2) is 5.84 Å². The van der Waals surface area contributed by atoms with Gasteiger partial charge in [0.15, 0.2) is 0 Å². The molecule has 0 fully saturated rings. The molecule has 0 saturated heterocycles. The summed E-state index contributed by atoms with van der Waals surface area (Å²) in [5.74, 6) is 0.620. The van der Waals surface area contributed by atoms with Crippen LogP contribution in [0.3, 0.4) is 0 Å². The van der Waals surface area contributed by atoms with Crippen molar-refractivity contribution in [3.05, 3.63) is 34.3 Å². The zero-order valence-electron chi connectivity index (χ0n) is 6.92. The number of hydrogen-bond acceptors (Lipinski definition) is 1. The summed E-state index contributed by atoms with van der Waals surface area (Å²) < 4.78 is 1.07. The lowest BCUT2D eigenvalue weighted by molar-refractivity contribution is 1.06. The highest BCUT2D eigenvalue weighted by Gasteiger charge is 1.91. The molecule has 0 saturated carbocycles. The molecule has 0 spiro atoms. The average molecular weight is 223 g/mol. The van der Waals surface area contributed by atoms with Gasteiger partial charge >= 0.3 is 0 Å². The molecule has 0 aliphatic rings. The van der Waals surface area contributed by atoms with Gasteiger partial charge in [-0.15, -0.1) is 0 Å². The van der Waals surface area contributed by atoms with E-state index in [1.165, 1.54) is 0 Å². The molecule has 1 aromatic carbocycles. The van der Waals surface area contributed by atoms with E-state index >= 15 is 0 Å². The molecule has 64 valence electrons. The minimum Gasteiger partial charge on any atom is -0.388 e. The molecule has 0 aliphatic heterocycles. The molecule has 0 radical (unpaired) electrons. The summed E-state index contributed by atoms with van der Waals surface area (Å²) in [4.78, 5) is 4.11. The largest absolute Gasteiger partial charge is 0.388 e. The molecule has 1 aromatic rings. The van der Waals surface area contributed by atoms with Gasteiger partial charge in [0.25, 0.3) is 0 Å². The summed E-state index contributed by atoms with van der Waals surface area (Å²) in [7, 11) is 0. The zero-order chi connectivity index (χ0) is 8.97. The van der Waals surface area contributed by atoms with Crippen LogP contribution in [0.5, 0.6) is 0 Å². The number of rotatable bonds is 2. The fraction of sp³-hybridized carbons (Fsp3) is 0.222. The molecule has 1 rings (SSSR count). The Labute approximate surface area is 80.6 Å². The number of nitrogens with two attached hydrogens (primary N) is 1. The van der Waals surface area contributed by atoms with Crippen molar-refractivity contribution in [2.24, 2.45) is 10.7 Å². The van der Waals surface area contributed by atoms with Crippen LogP contribution in [0, 0.1) is 0 Å². The number of aliphatic imine (C=N–C) groups is 1. The van der Waals surface area contributed by atoms with Gasteiger partial charge in [0.2, 0.25) is 0 Å². The third-order valence-electron chi connectivity index (χ3n) is 1.40. The maximum Gasteiger partial charge on any atom is 0.0909 e. The second-order valence-electron chi connectivity index (χ2n) is 2.59. The highest BCUT2D eigenvalue weighted by atomic mass is 75.9. The zero-order valence-corrected chi connectivity index (χ0v) is 8.51. The van der Waals surface area contributed by atoms with Crippen molar-refractivity contribution < 1.29 is 0 Å². The van der Waals surface area contributed by atoms with E-state index in [2.05, 4.69) is 20.9 Å². The molecule has 3 heteroatoms. The first-order chi connectivity index (χ1) is 5.68. The minimum absolute atomic E-state index is 0.620. The Morgan fingerprint density at radius 3 is 2.92 bits per heavy atom. The molecular formula is C9H11BrN2. The molecule has 12 heavy (non-hydrogen) atoms. The Morgan fingerprint density at radius 1 is 1.58 bits per heavy atom. The SMILES string of the molecule is CC(N)=NCc1cccc([76Br])c1. The maximum atomic E-state index is 5.42. The number of benzene rings is 1. The van der Waals surface area contributed by atoms with Crippen LogP contribution in [0.15, 0.2) is 33.7 Å². The van der Waals surface area contributed by atoms with E-state index in [1.54, 1.807) is 6.92 Å². The number of nitrogens with zero attached hydrogens (tertiary/aromatic N) is 1. The van der Waals surface area contributed by atoms with Crippen LogP contribution in [0.25, 0.3) is 0 Å². The second kappa shape index (κ2) is 4.26. The highest BCUT2D eigenvalue weighted by Crippen LogP contribution is 2.11. The van der Waals surface area contributed by atoms with Crippen LogP contribution in [-0.2, 0) is 6.54 Å². The third-order valence-corrected chi connectivity index (χ3v) is 1.89. The molecule has 0 aliphatic carbocycles. The minimum atomic E-state index is 0.620. The lowest BCUT2D eigenvalue weighted by atomic mass is 10.2. The summed E-state index contributed by atoms with van der Waals surface area (Å²) >= 11 is 3.39. The number of halogens is 1. The topological polar surface area (TPSA) is 38.4 Å². The number of hydrogen-bond donors (Lipinski definition) is 1. The van der Waals surface area contributed by atoms with Crippen molar-refractivity contribution in [1.29, 1.82) is 0 Å². The molecule has 0 heterocycles. The van der Waals surface area contributed by atoms with Gasteiger partial charge < -0.3 is 5.73 Å². The Bertz CT molecular complexity index is 290. The Kier molecular flexibility index (Phi) is 3.29. The predicted octanol–water partition coefficient (Wildman–Crippen LogP) is 2.33. The monoisotopic (exact) mass is 223 g/mol. The van der Waals surface area contributed by atoms with Crippen LogP contribution < -0.4 is 5.73 Å². The van der Waals surface area contributed by atoms with Gasteiger partial charge in [-0.3, -0.25) is 4.99 Å². The van der Waals surface area contributed by atoms with E-state index in [4.69, 9.17) is 5.73 Å². The van der Waals surface area contributed by atoms with Gasteiger partial charge in [0, 0.05) is 4.47 Å². The quantitative estimate of drug-likeness (QED) is 0.606. The Morgan fingerprint density at radius 2 is 2.33 bits per heavy atom. The maximum absolute atomic E-state index is 5.42. The van der Waals surface area contributed by atoms with Gasteiger partial charge in [0.05, 0.1) is 12.4 Å². The van der Waals surface area contributed by atoms with E-state index in [0.717, 1.165) is 10.0 Å². The van der Waals surface area contributed by atoms with Crippen molar-refractivity contribution in [3.8, 4) is 0 Å². The summed E-state index contributed by atoms with van der Waals surface area (Å²) in [6.07, 6.45) is 0. The second-order valence-corrected chi connectivity index (χ2v) is 3.50. The third kappa shape index (κ3) is 3.05. The van der Waals surface area contributed by atoms with Crippen LogP contribution >= 0.6 is 15.9 Å². The van der Waals surface area contributed by atoms with E-state index in [9.17, 15) is 0 Å². The molecule has 2 N–H and O–H groups in total. The Balaban J connectivity index is 2.70. The summed E-state index contributed by atoms with van der Waals surface area (Å²) in [6, 6.07) is 8.03. The van der Waals surface area contributed by atoms with Crippen molar-refractivity contribution >= 4 is 21.8 Å². The first-order valence-electron chi connectivity index (χ1n) is 3.69. The average Bonchev–Trinajstić information content (AvgIpc) is 2.01. The normalized spacial score (nSPS) is 11.7. The van der Waals surface area contributed by atoms with E-state index in [-0.39, 0.29) is 0 Å². The van der Waals surface area contributed by atoms with Crippen LogP contribution in [0.1, 0.15) is 12.5 Å². The number of amidine groups is 1. The predicted molar refractivity (Wildman–Crippen MR) is 55.1 cm³/mol. The van der Waals surface area contributed by atoms with Crippen LogP contribution in [0.2, 0.25) is 0 Å². The van der Waals surface area contributed by atoms with Crippen molar-refractivity contribution in [2.45, 2.75) is 13.5 Å². The van der Waals surface area contributed by atoms with E-state index < -0.39 is 0 Å². The standard InChI is InChI=1S/C9H11BrN2/c1-7(11)12-6-8-3-2-4-9(10)5-8/h2-5H,6H2,1H3,(H2,11,12)/i10-4. The lowest BCUT2D eigenvalue weighted by Crippen LogP contribution is -2.05. The lowest BCUT2D eigenvalue weighted by Gasteiger charge is -1.97. The summed E-state index contributed by atoms with van der Waals surface area (Å²) in [6.45, 7) is 2.44. The molecule has 0 amide bonds. The van der Waals surface area contributed by atoms with E-state index in [1.807, 2.05) is 24.3 Å². The van der Waals surface area contributed by atoms with Crippen molar-refractivity contribution in [2.75, 3.05) is 0 Å². The summed E-state index contributed by atoms with van der Waals surface area (Å²) in [5, 5.41) is 0. The van der Waals surface area contributed by atoms with Gasteiger partial charge in [-0.2, -0.15) is 0 Å². The summed E-state index contributed by atoms with van der Waals surface area (Å²) in [5.41, 5.74) is 6.58. The van der Waals surface area contributed by atoms with Gasteiger partial charge in [0.1, 0.15) is 0 Å². The van der Waals surface area contributed by atoms with Crippen LogP contribution in [0.4, 0.5) is 0 Å². The first kappa shape index (κ1) is 9.26. The first-order valence-corrected chi connectivity index (χ1v) is 4.49. The van der Waals surface area contributed by atoms with Gasteiger partial charge in [-0.25, -0.2) is 0 Å². The Hall–Kier alpha value is -0.830. The smallest absolute Gasteiger partial charge is 0.0909 e. The molecule has 0 atom stereocenters. The highest BCUT2D eigenvalue weighted by molar-refractivity contribution is 9.10. The van der Waals surface area contributed by atoms with Crippen molar-refractivity contribution in [3.63, 3.8) is 0 Å². The molecule has 0 bridgehead atoms.